The van der Waals surface area contributed by atoms with Gasteiger partial charge in [-0.25, -0.2) is 18.5 Å². The molecular formula is C32H26N6O3S. The van der Waals surface area contributed by atoms with E-state index < -0.39 is 10.0 Å². The molecule has 10 heteroatoms. The van der Waals surface area contributed by atoms with Crippen molar-refractivity contribution in [2.75, 3.05) is 7.11 Å². The first kappa shape index (κ1) is 25.9. The quantitative estimate of drug-likeness (QED) is 0.254. The van der Waals surface area contributed by atoms with Gasteiger partial charge in [-0.15, -0.1) is 0 Å². The monoisotopic (exact) mass is 574 g/mol. The van der Waals surface area contributed by atoms with Crippen LogP contribution >= 0.6 is 0 Å². The number of ether oxygens (including phenoxy) is 1. The largest absolute Gasteiger partial charge is 0.497 e. The minimum Gasteiger partial charge on any atom is -0.497 e. The van der Waals surface area contributed by atoms with Crippen molar-refractivity contribution in [1.29, 1.82) is 0 Å². The van der Waals surface area contributed by atoms with E-state index in [0.29, 0.717) is 34.7 Å². The number of H-pyrrole nitrogens is 1. The molecule has 0 aliphatic carbocycles. The summed E-state index contributed by atoms with van der Waals surface area (Å²) in [4.78, 5) is 12.7. The Morgan fingerprint density at radius 1 is 0.905 bits per heavy atom. The topological polar surface area (TPSA) is 129 Å². The zero-order valence-electron chi connectivity index (χ0n) is 22.7. The molecule has 208 valence electrons. The van der Waals surface area contributed by atoms with Crippen molar-refractivity contribution in [2.24, 2.45) is 5.14 Å². The van der Waals surface area contributed by atoms with Crippen LogP contribution in [-0.4, -0.2) is 40.3 Å². The highest BCUT2D eigenvalue weighted by Crippen LogP contribution is 2.34. The van der Waals surface area contributed by atoms with Crippen LogP contribution in [-0.2, 0) is 22.3 Å². The first-order chi connectivity index (χ1) is 20.3. The number of imidazole rings is 1. The fourth-order valence-electron chi connectivity index (χ4n) is 5.38. The molecule has 42 heavy (non-hydrogen) atoms. The number of rotatable bonds is 7. The average molecular weight is 575 g/mol. The average Bonchev–Trinajstić information content (AvgIpc) is 3.57. The Balaban J connectivity index is 1.39. The fraction of sp³-hybridized carbons (Fsp3) is 0.0938. The SMILES string of the molecule is COc1ccc(Cn2nc(-c3nc4ccc(CS(N)(=O)=O)cc4[nH]3)c3cc(-c4cncc5ccccc45)ccc32)cc1. The van der Waals surface area contributed by atoms with E-state index in [9.17, 15) is 8.42 Å². The summed E-state index contributed by atoms with van der Waals surface area (Å²) in [7, 11) is -2.01. The Morgan fingerprint density at radius 3 is 2.52 bits per heavy atom. The van der Waals surface area contributed by atoms with Crippen LogP contribution in [0.4, 0.5) is 0 Å². The molecule has 0 bridgehead atoms. The van der Waals surface area contributed by atoms with Gasteiger partial charge in [0.1, 0.15) is 11.4 Å². The molecule has 7 rings (SSSR count). The molecule has 0 aliphatic rings. The van der Waals surface area contributed by atoms with Gasteiger partial charge in [0, 0.05) is 28.7 Å². The van der Waals surface area contributed by atoms with Gasteiger partial charge in [0.05, 0.1) is 36.0 Å². The molecule has 0 unspecified atom stereocenters. The molecule has 0 amide bonds. The maximum absolute atomic E-state index is 11.7. The van der Waals surface area contributed by atoms with Crippen LogP contribution in [0, 0.1) is 0 Å². The van der Waals surface area contributed by atoms with E-state index in [1.54, 1.807) is 25.3 Å². The number of aromatic amines is 1. The summed E-state index contributed by atoms with van der Waals surface area (Å²) >= 11 is 0. The molecule has 0 radical (unpaired) electrons. The lowest BCUT2D eigenvalue weighted by Gasteiger charge is -2.08. The lowest BCUT2D eigenvalue weighted by Crippen LogP contribution is -2.14. The number of benzene rings is 4. The molecule has 7 aromatic rings. The summed E-state index contributed by atoms with van der Waals surface area (Å²) in [5.74, 6) is 1.13. The molecular weight excluding hydrogens is 548 g/mol. The third-order valence-electron chi connectivity index (χ3n) is 7.36. The number of hydrogen-bond donors (Lipinski definition) is 2. The summed E-state index contributed by atoms with van der Waals surface area (Å²) < 4.78 is 30.6. The number of nitrogens with two attached hydrogens (primary N) is 1. The van der Waals surface area contributed by atoms with Gasteiger partial charge in [0.2, 0.25) is 10.0 Å². The van der Waals surface area contributed by atoms with Crippen LogP contribution in [0.15, 0.2) is 97.3 Å². The second kappa shape index (κ2) is 10.1. The van der Waals surface area contributed by atoms with Crippen molar-refractivity contribution >= 4 is 42.7 Å². The van der Waals surface area contributed by atoms with E-state index in [0.717, 1.165) is 44.1 Å². The van der Waals surface area contributed by atoms with Crippen LogP contribution in [0.2, 0.25) is 0 Å². The van der Waals surface area contributed by atoms with Crippen LogP contribution in [0.5, 0.6) is 5.75 Å². The molecule has 9 nitrogen and oxygen atoms in total. The molecule has 0 fully saturated rings. The number of hydrogen-bond acceptors (Lipinski definition) is 6. The molecule has 3 aromatic heterocycles. The normalized spacial score (nSPS) is 12.0. The Kier molecular flexibility index (Phi) is 6.22. The van der Waals surface area contributed by atoms with Crippen LogP contribution in [0.25, 0.3) is 55.4 Å². The number of nitrogens with one attached hydrogen (secondary N) is 1. The van der Waals surface area contributed by atoms with Gasteiger partial charge in [-0.2, -0.15) is 5.10 Å². The molecule has 0 aliphatic heterocycles. The summed E-state index contributed by atoms with van der Waals surface area (Å²) in [6, 6.07) is 27.7. The Labute approximate surface area is 241 Å². The van der Waals surface area contributed by atoms with E-state index in [1.165, 1.54) is 0 Å². The fourth-order valence-corrected chi connectivity index (χ4v) is 6.03. The number of primary sulfonamides is 1. The summed E-state index contributed by atoms with van der Waals surface area (Å²) in [5, 5.41) is 13.4. The molecule has 0 saturated heterocycles. The number of aromatic nitrogens is 5. The van der Waals surface area contributed by atoms with Gasteiger partial charge < -0.3 is 9.72 Å². The number of pyridine rings is 1. The van der Waals surface area contributed by atoms with Gasteiger partial charge in [0.15, 0.2) is 5.82 Å². The zero-order chi connectivity index (χ0) is 28.8. The van der Waals surface area contributed by atoms with Crippen molar-refractivity contribution in [1.82, 2.24) is 24.7 Å². The van der Waals surface area contributed by atoms with Gasteiger partial charge >= 0.3 is 0 Å². The molecule has 0 spiro atoms. The molecule has 3 heterocycles. The van der Waals surface area contributed by atoms with Crippen molar-refractivity contribution in [3.8, 4) is 28.4 Å². The second-order valence-electron chi connectivity index (χ2n) is 10.2. The number of sulfonamides is 1. The second-order valence-corrected chi connectivity index (χ2v) is 11.9. The summed E-state index contributed by atoms with van der Waals surface area (Å²) in [5.41, 5.74) is 6.76. The number of nitrogens with zero attached hydrogens (tertiary/aromatic N) is 4. The van der Waals surface area contributed by atoms with E-state index in [-0.39, 0.29) is 5.75 Å². The summed E-state index contributed by atoms with van der Waals surface area (Å²) in [6.45, 7) is 0.550. The minimum absolute atomic E-state index is 0.251. The highest BCUT2D eigenvalue weighted by molar-refractivity contribution is 7.88. The Bertz CT molecular complexity index is 2210. The Morgan fingerprint density at radius 2 is 1.71 bits per heavy atom. The van der Waals surface area contributed by atoms with E-state index in [2.05, 4.69) is 40.3 Å². The Hall–Kier alpha value is -5.06. The number of fused-ring (bicyclic) bond motifs is 3. The van der Waals surface area contributed by atoms with Crippen LogP contribution in [0.1, 0.15) is 11.1 Å². The highest BCUT2D eigenvalue weighted by Gasteiger charge is 2.18. The van der Waals surface area contributed by atoms with Crippen molar-refractivity contribution in [3.05, 3.63) is 108 Å². The predicted octanol–water partition coefficient (Wildman–Crippen LogP) is 5.64. The van der Waals surface area contributed by atoms with Crippen LogP contribution in [0.3, 0.4) is 0 Å². The maximum Gasteiger partial charge on any atom is 0.213 e. The minimum atomic E-state index is -3.66. The maximum atomic E-state index is 11.7. The first-order valence-electron chi connectivity index (χ1n) is 13.3. The zero-order valence-corrected chi connectivity index (χ0v) is 23.5. The predicted molar refractivity (Wildman–Crippen MR) is 164 cm³/mol. The standard InChI is InChI=1S/C32H26N6O3S/c1-41-24-10-6-20(7-11-24)18-38-30-13-9-22(27-17-34-16-23-4-2-3-5-25(23)27)15-26(30)31(37-38)32-35-28-12-8-21(14-29(28)36-32)19-42(33,39)40/h2-17H,18-19H2,1H3,(H,35,36)(H2,33,39,40). The lowest BCUT2D eigenvalue weighted by atomic mass is 9.99. The van der Waals surface area contributed by atoms with Crippen molar-refractivity contribution in [2.45, 2.75) is 12.3 Å². The third kappa shape index (κ3) is 4.87. The van der Waals surface area contributed by atoms with E-state index in [4.69, 9.17) is 20.0 Å². The summed E-state index contributed by atoms with van der Waals surface area (Å²) in [6.07, 6.45) is 3.76. The first-order valence-corrected chi connectivity index (χ1v) is 15.0. The highest BCUT2D eigenvalue weighted by atomic mass is 32.2. The van der Waals surface area contributed by atoms with Gasteiger partial charge in [-0.1, -0.05) is 48.5 Å². The third-order valence-corrected chi connectivity index (χ3v) is 8.10. The molecule has 0 saturated carbocycles. The van der Waals surface area contributed by atoms with Crippen molar-refractivity contribution < 1.29 is 13.2 Å². The van der Waals surface area contributed by atoms with E-state index in [1.807, 2.05) is 53.5 Å². The van der Waals surface area contributed by atoms with Crippen molar-refractivity contribution in [3.63, 3.8) is 0 Å². The molecule has 3 N–H and O–H groups in total. The lowest BCUT2D eigenvalue weighted by molar-refractivity contribution is 0.414. The van der Waals surface area contributed by atoms with Gasteiger partial charge in [0.25, 0.3) is 0 Å². The van der Waals surface area contributed by atoms with Gasteiger partial charge in [-0.3, -0.25) is 9.67 Å². The van der Waals surface area contributed by atoms with Crippen LogP contribution < -0.4 is 9.88 Å². The molecule has 0 atom stereocenters. The molecule has 4 aromatic carbocycles. The van der Waals surface area contributed by atoms with Gasteiger partial charge in [-0.05, 0) is 58.5 Å². The number of methoxy groups -OCH3 is 1. The smallest absolute Gasteiger partial charge is 0.213 e. The van der Waals surface area contributed by atoms with E-state index >= 15 is 0 Å².